The van der Waals surface area contributed by atoms with Crippen molar-refractivity contribution in [1.82, 2.24) is 15.0 Å². The Hall–Kier alpha value is -3.67. The van der Waals surface area contributed by atoms with Gasteiger partial charge in [0.1, 0.15) is 45.9 Å². The lowest BCUT2D eigenvalue weighted by molar-refractivity contribution is 0.201. The molecule has 0 saturated heterocycles. The van der Waals surface area contributed by atoms with Gasteiger partial charge in [-0.1, -0.05) is 35.5 Å². The second-order valence-electron chi connectivity index (χ2n) is 7.04. The minimum Gasteiger partial charge on any atom is -0.490 e. The van der Waals surface area contributed by atoms with Crippen molar-refractivity contribution in [2.24, 2.45) is 0 Å². The maximum atomic E-state index is 9.96. The third-order valence-electron chi connectivity index (χ3n) is 4.77. The van der Waals surface area contributed by atoms with Crippen LogP contribution in [0.25, 0.3) is 21.8 Å². The van der Waals surface area contributed by atoms with Crippen LogP contribution in [0.2, 0.25) is 5.02 Å². The number of aliphatic hydroxyl groups excluding tert-OH is 1. The summed E-state index contributed by atoms with van der Waals surface area (Å²) in [5, 5.41) is 32.4. The van der Waals surface area contributed by atoms with Crippen molar-refractivity contribution in [3.8, 4) is 39.7 Å². The topological polar surface area (TPSA) is 142 Å². The number of hydrogen-bond donors (Lipinski definition) is 2. The van der Waals surface area contributed by atoms with Gasteiger partial charge in [0.2, 0.25) is 0 Å². The number of thioether (sulfide) groups is 1. The number of nitrogen functional groups attached to an aromatic ring is 1. The smallest absolute Gasteiger partial charge is 0.143 e. The molecule has 4 rings (SSSR count). The number of nitriles is 2. The highest BCUT2D eigenvalue weighted by atomic mass is 35.5. The number of ether oxygens (including phenoxy) is 1. The van der Waals surface area contributed by atoms with E-state index in [9.17, 15) is 10.5 Å². The number of anilines is 1. The number of nitrogens with two attached hydrogens (primary N) is 1. The number of halogens is 1. The molecule has 0 saturated carbocycles. The lowest BCUT2D eigenvalue weighted by Crippen LogP contribution is -2.05. The summed E-state index contributed by atoms with van der Waals surface area (Å²) in [6.07, 6.45) is 1.46. The molecule has 0 spiro atoms. The first-order valence-electron chi connectivity index (χ1n) is 10.2. The maximum Gasteiger partial charge on any atom is 0.143 e. The first kappa shape index (κ1) is 24.5. The third-order valence-corrected chi connectivity index (χ3v) is 6.97. The SMILES string of the molecule is N#Cc1c(N)nc(SCc2csc(-c3ccc(Cl)cc3)n2)c(C#N)c1-c1ccc(OCCO)cn1. The van der Waals surface area contributed by atoms with E-state index in [2.05, 4.69) is 21.0 Å². The summed E-state index contributed by atoms with van der Waals surface area (Å²) in [5.74, 6) is 0.931. The van der Waals surface area contributed by atoms with Crippen LogP contribution < -0.4 is 10.5 Å². The molecule has 0 aliphatic carbocycles. The molecule has 3 heterocycles. The molecule has 11 heteroatoms. The van der Waals surface area contributed by atoms with Crippen molar-refractivity contribution < 1.29 is 9.84 Å². The standard InChI is InChI=1S/C24H17ClN6O2S2/c25-15-3-1-14(2-4-15)23-30-16(12-34-23)13-35-24-19(10-27)21(18(9-26)22(28)31-24)20-6-5-17(11-29-20)33-8-7-32/h1-6,11-12,32H,7-8,13H2,(H2,28,31). The number of aliphatic hydroxyl groups is 1. The monoisotopic (exact) mass is 520 g/mol. The number of hydrogen-bond acceptors (Lipinski definition) is 10. The Labute approximate surface area is 214 Å². The molecule has 174 valence electrons. The molecule has 1 aromatic carbocycles. The van der Waals surface area contributed by atoms with Gasteiger partial charge in [0, 0.05) is 27.3 Å². The lowest BCUT2D eigenvalue weighted by Gasteiger charge is -2.12. The Kier molecular flexibility index (Phi) is 7.80. The van der Waals surface area contributed by atoms with Crippen LogP contribution in [0.5, 0.6) is 5.75 Å². The predicted molar refractivity (Wildman–Crippen MR) is 136 cm³/mol. The van der Waals surface area contributed by atoms with E-state index in [1.807, 2.05) is 35.7 Å². The van der Waals surface area contributed by atoms with Crippen molar-refractivity contribution >= 4 is 40.5 Å². The second kappa shape index (κ2) is 11.2. The number of rotatable bonds is 8. The first-order chi connectivity index (χ1) is 17.0. The Bertz CT molecular complexity index is 1430. The van der Waals surface area contributed by atoms with Gasteiger partial charge in [0.15, 0.2) is 0 Å². The molecule has 8 nitrogen and oxygen atoms in total. The predicted octanol–water partition coefficient (Wildman–Crippen LogP) is 4.91. The zero-order valence-electron chi connectivity index (χ0n) is 18.1. The molecule has 0 radical (unpaired) electrons. The Morgan fingerprint density at radius 1 is 1.09 bits per heavy atom. The van der Waals surface area contributed by atoms with Gasteiger partial charge in [0.05, 0.1) is 29.8 Å². The summed E-state index contributed by atoms with van der Waals surface area (Å²) in [4.78, 5) is 13.3. The third kappa shape index (κ3) is 5.53. The van der Waals surface area contributed by atoms with E-state index >= 15 is 0 Å². The molecule has 0 bridgehead atoms. The van der Waals surface area contributed by atoms with E-state index in [1.165, 1.54) is 29.3 Å². The summed E-state index contributed by atoms with van der Waals surface area (Å²) >= 11 is 8.79. The van der Waals surface area contributed by atoms with E-state index in [4.69, 9.17) is 27.2 Å². The zero-order chi connectivity index (χ0) is 24.8. The van der Waals surface area contributed by atoms with Crippen molar-refractivity contribution in [3.63, 3.8) is 0 Å². The Morgan fingerprint density at radius 3 is 2.51 bits per heavy atom. The van der Waals surface area contributed by atoms with E-state index < -0.39 is 0 Å². The minimum atomic E-state index is -0.124. The fraction of sp³-hybridized carbons (Fsp3) is 0.125. The highest BCUT2D eigenvalue weighted by molar-refractivity contribution is 7.98. The van der Waals surface area contributed by atoms with E-state index in [0.29, 0.717) is 32.8 Å². The first-order valence-corrected chi connectivity index (χ1v) is 12.4. The van der Waals surface area contributed by atoms with Gasteiger partial charge >= 0.3 is 0 Å². The van der Waals surface area contributed by atoms with E-state index in [-0.39, 0.29) is 30.2 Å². The molecule has 0 unspecified atom stereocenters. The number of benzene rings is 1. The molecule has 4 aromatic rings. The summed E-state index contributed by atoms with van der Waals surface area (Å²) in [7, 11) is 0. The average Bonchev–Trinajstić information content (AvgIpc) is 3.35. The van der Waals surface area contributed by atoms with Crippen molar-refractivity contribution in [1.29, 1.82) is 10.5 Å². The summed E-state index contributed by atoms with van der Waals surface area (Å²) in [6, 6.07) is 14.9. The quantitative estimate of drug-likeness (QED) is 0.310. The van der Waals surface area contributed by atoms with Crippen LogP contribution in [0.15, 0.2) is 53.0 Å². The Balaban J connectivity index is 1.63. The molecule has 0 fully saturated rings. The van der Waals surface area contributed by atoms with Crippen LogP contribution in [-0.2, 0) is 5.75 Å². The van der Waals surface area contributed by atoms with Gasteiger partial charge in [-0.15, -0.1) is 11.3 Å². The molecule has 3 aromatic heterocycles. The average molecular weight is 521 g/mol. The Morgan fingerprint density at radius 2 is 1.86 bits per heavy atom. The van der Waals surface area contributed by atoms with Gasteiger partial charge in [-0.05, 0) is 24.3 Å². The van der Waals surface area contributed by atoms with Crippen LogP contribution in [0, 0.1) is 22.7 Å². The van der Waals surface area contributed by atoms with E-state index in [0.717, 1.165) is 16.3 Å². The molecule has 0 amide bonds. The fourth-order valence-electron chi connectivity index (χ4n) is 3.18. The lowest BCUT2D eigenvalue weighted by atomic mass is 10.0. The van der Waals surface area contributed by atoms with Crippen LogP contribution in [0.1, 0.15) is 16.8 Å². The largest absolute Gasteiger partial charge is 0.490 e. The van der Waals surface area contributed by atoms with Gasteiger partial charge in [0.25, 0.3) is 0 Å². The molecule has 3 N–H and O–H groups in total. The van der Waals surface area contributed by atoms with Gasteiger partial charge in [-0.25, -0.2) is 9.97 Å². The maximum absolute atomic E-state index is 9.96. The second-order valence-corrected chi connectivity index (χ2v) is 9.30. The fourth-order valence-corrected chi connectivity index (χ4v) is 5.12. The summed E-state index contributed by atoms with van der Waals surface area (Å²) in [6.45, 7) is 0.00776. The van der Waals surface area contributed by atoms with Gasteiger partial charge < -0.3 is 15.6 Å². The molecule has 0 aliphatic heterocycles. The van der Waals surface area contributed by atoms with E-state index in [1.54, 1.807) is 12.1 Å². The van der Waals surface area contributed by atoms with Crippen LogP contribution in [0.4, 0.5) is 5.82 Å². The summed E-state index contributed by atoms with van der Waals surface area (Å²) < 4.78 is 5.34. The van der Waals surface area contributed by atoms with Crippen LogP contribution in [0.3, 0.4) is 0 Å². The number of aromatic nitrogens is 3. The van der Waals surface area contributed by atoms with Crippen LogP contribution in [-0.4, -0.2) is 33.3 Å². The van der Waals surface area contributed by atoms with Crippen molar-refractivity contribution in [3.05, 3.63) is 69.8 Å². The normalized spacial score (nSPS) is 10.5. The highest BCUT2D eigenvalue weighted by Crippen LogP contribution is 2.36. The zero-order valence-corrected chi connectivity index (χ0v) is 20.5. The van der Waals surface area contributed by atoms with Crippen molar-refractivity contribution in [2.75, 3.05) is 18.9 Å². The molecule has 35 heavy (non-hydrogen) atoms. The molecule has 0 aliphatic rings. The minimum absolute atomic E-state index is 0.0199. The number of nitrogens with zero attached hydrogens (tertiary/aromatic N) is 5. The number of thiazole rings is 1. The number of pyridine rings is 2. The molecular weight excluding hydrogens is 504 g/mol. The molecule has 0 atom stereocenters. The van der Waals surface area contributed by atoms with Crippen molar-refractivity contribution in [2.45, 2.75) is 10.8 Å². The van der Waals surface area contributed by atoms with Crippen LogP contribution >= 0.6 is 34.7 Å². The van der Waals surface area contributed by atoms with Gasteiger partial charge in [-0.2, -0.15) is 10.5 Å². The molecular formula is C24H17ClN6O2S2. The van der Waals surface area contributed by atoms with Gasteiger partial charge in [-0.3, -0.25) is 4.98 Å². The highest BCUT2D eigenvalue weighted by Gasteiger charge is 2.22. The summed E-state index contributed by atoms with van der Waals surface area (Å²) in [5.41, 5.74) is 8.89.